The number of aliphatic hydroxyl groups is 1. The van der Waals surface area contributed by atoms with Crippen molar-refractivity contribution in [2.45, 2.75) is 32.0 Å². The van der Waals surface area contributed by atoms with E-state index in [1.165, 1.54) is 5.56 Å². The zero-order valence-corrected chi connectivity index (χ0v) is 14.2. The van der Waals surface area contributed by atoms with Crippen molar-refractivity contribution >= 4 is 0 Å². The SMILES string of the molecule is Cc1ccc(-c2cccc(CN3C[C@H](N(C)C)C[C@H]3CO)c2)o1. The summed E-state index contributed by atoms with van der Waals surface area (Å²) in [5, 5.41) is 9.67. The largest absolute Gasteiger partial charge is 0.461 e. The van der Waals surface area contributed by atoms with Crippen molar-refractivity contribution in [2.24, 2.45) is 0 Å². The van der Waals surface area contributed by atoms with Gasteiger partial charge in [-0.15, -0.1) is 0 Å². The summed E-state index contributed by atoms with van der Waals surface area (Å²) in [6, 6.07) is 13.3. The highest BCUT2D eigenvalue weighted by Gasteiger charge is 2.32. The molecule has 3 rings (SSSR count). The van der Waals surface area contributed by atoms with Crippen LogP contribution < -0.4 is 0 Å². The molecule has 1 saturated heterocycles. The molecule has 1 aromatic carbocycles. The summed E-state index contributed by atoms with van der Waals surface area (Å²) >= 11 is 0. The van der Waals surface area contributed by atoms with Crippen LogP contribution in [0.1, 0.15) is 17.7 Å². The number of aryl methyl sites for hydroxylation is 1. The third kappa shape index (κ3) is 3.66. The van der Waals surface area contributed by atoms with Crippen molar-refractivity contribution in [1.29, 1.82) is 0 Å². The minimum absolute atomic E-state index is 0.224. The molecule has 4 heteroatoms. The van der Waals surface area contributed by atoms with Crippen molar-refractivity contribution < 1.29 is 9.52 Å². The summed E-state index contributed by atoms with van der Waals surface area (Å²) in [5.41, 5.74) is 2.37. The number of rotatable bonds is 5. The first-order chi connectivity index (χ1) is 11.1. The fraction of sp³-hybridized carbons (Fsp3) is 0.474. The Morgan fingerprint density at radius 2 is 2.09 bits per heavy atom. The minimum Gasteiger partial charge on any atom is -0.461 e. The fourth-order valence-corrected chi connectivity index (χ4v) is 3.36. The molecule has 0 spiro atoms. The van der Waals surface area contributed by atoms with Crippen molar-refractivity contribution in [2.75, 3.05) is 27.2 Å². The fourth-order valence-electron chi connectivity index (χ4n) is 3.36. The second kappa shape index (κ2) is 6.87. The first kappa shape index (κ1) is 16.2. The number of hydrogen-bond donors (Lipinski definition) is 1. The summed E-state index contributed by atoms with van der Waals surface area (Å²) < 4.78 is 5.73. The molecular formula is C19H26N2O2. The number of likely N-dealkylation sites (N-methyl/N-ethyl adjacent to an activating group) is 1. The molecule has 2 heterocycles. The molecule has 1 aromatic heterocycles. The molecule has 124 valence electrons. The van der Waals surface area contributed by atoms with Crippen LogP contribution in [-0.4, -0.2) is 54.2 Å². The van der Waals surface area contributed by atoms with Crippen LogP contribution in [0.15, 0.2) is 40.8 Å². The molecule has 0 unspecified atom stereocenters. The summed E-state index contributed by atoms with van der Waals surface area (Å²) in [6.07, 6.45) is 1.03. The van der Waals surface area contributed by atoms with E-state index in [9.17, 15) is 5.11 Å². The number of likely N-dealkylation sites (tertiary alicyclic amines) is 1. The van der Waals surface area contributed by atoms with Crippen molar-refractivity contribution in [3.05, 3.63) is 47.7 Å². The van der Waals surface area contributed by atoms with Crippen LogP contribution in [0.5, 0.6) is 0 Å². The van der Waals surface area contributed by atoms with E-state index in [1.54, 1.807) is 0 Å². The van der Waals surface area contributed by atoms with Crippen LogP contribution in [0.4, 0.5) is 0 Å². The number of furan rings is 1. The van der Waals surface area contributed by atoms with Gasteiger partial charge in [-0.2, -0.15) is 0 Å². The van der Waals surface area contributed by atoms with Gasteiger partial charge >= 0.3 is 0 Å². The molecule has 4 nitrogen and oxygen atoms in total. The Balaban J connectivity index is 1.75. The summed E-state index contributed by atoms with van der Waals surface area (Å²) in [7, 11) is 4.23. The molecule has 1 fully saturated rings. The van der Waals surface area contributed by atoms with Gasteiger partial charge in [0.15, 0.2) is 0 Å². The topological polar surface area (TPSA) is 39.9 Å². The highest BCUT2D eigenvalue weighted by molar-refractivity contribution is 5.58. The molecule has 1 N–H and O–H groups in total. The van der Waals surface area contributed by atoms with Crippen LogP contribution in [-0.2, 0) is 6.54 Å². The Kier molecular flexibility index (Phi) is 4.85. The van der Waals surface area contributed by atoms with Crippen molar-refractivity contribution in [3.63, 3.8) is 0 Å². The predicted molar refractivity (Wildman–Crippen MR) is 92.3 cm³/mol. The molecule has 2 atom stereocenters. The second-order valence-corrected chi connectivity index (χ2v) is 6.73. The highest BCUT2D eigenvalue weighted by Crippen LogP contribution is 2.26. The lowest BCUT2D eigenvalue weighted by atomic mass is 10.1. The van der Waals surface area contributed by atoms with E-state index in [4.69, 9.17) is 4.42 Å². The number of hydrogen-bond acceptors (Lipinski definition) is 4. The third-order valence-corrected chi connectivity index (χ3v) is 4.78. The Morgan fingerprint density at radius 1 is 1.26 bits per heavy atom. The molecule has 0 bridgehead atoms. The molecule has 1 aliphatic rings. The first-order valence-electron chi connectivity index (χ1n) is 8.24. The monoisotopic (exact) mass is 314 g/mol. The minimum atomic E-state index is 0.224. The van der Waals surface area contributed by atoms with Gasteiger partial charge in [0.1, 0.15) is 11.5 Å². The molecular weight excluding hydrogens is 288 g/mol. The summed E-state index contributed by atoms with van der Waals surface area (Å²) in [6.45, 7) is 4.05. The van der Waals surface area contributed by atoms with Crippen LogP contribution >= 0.6 is 0 Å². The maximum atomic E-state index is 9.67. The number of benzene rings is 1. The average molecular weight is 314 g/mol. The van der Waals surface area contributed by atoms with Gasteiger partial charge in [-0.3, -0.25) is 4.90 Å². The van der Waals surface area contributed by atoms with Crippen molar-refractivity contribution in [3.8, 4) is 11.3 Å². The Labute approximate surface area is 138 Å². The number of aliphatic hydroxyl groups excluding tert-OH is 1. The van der Waals surface area contributed by atoms with E-state index in [-0.39, 0.29) is 12.6 Å². The highest BCUT2D eigenvalue weighted by atomic mass is 16.3. The Morgan fingerprint density at radius 3 is 2.74 bits per heavy atom. The number of nitrogens with zero attached hydrogens (tertiary/aromatic N) is 2. The van der Waals surface area contributed by atoms with Gasteiger partial charge in [-0.1, -0.05) is 18.2 Å². The van der Waals surface area contributed by atoms with Crippen molar-refractivity contribution in [1.82, 2.24) is 9.80 Å². The van der Waals surface area contributed by atoms with Gasteiger partial charge < -0.3 is 14.4 Å². The van der Waals surface area contributed by atoms with Crippen LogP contribution in [0.3, 0.4) is 0 Å². The van der Waals surface area contributed by atoms with E-state index in [1.807, 2.05) is 19.1 Å². The Bertz CT molecular complexity index is 650. The van der Waals surface area contributed by atoms with Crippen LogP contribution in [0.25, 0.3) is 11.3 Å². The Hall–Kier alpha value is -1.62. The zero-order valence-electron chi connectivity index (χ0n) is 14.2. The van der Waals surface area contributed by atoms with Crippen LogP contribution in [0.2, 0.25) is 0 Å². The quantitative estimate of drug-likeness (QED) is 0.921. The third-order valence-electron chi connectivity index (χ3n) is 4.78. The van der Waals surface area contributed by atoms with E-state index in [0.717, 1.165) is 36.6 Å². The lowest BCUT2D eigenvalue weighted by Crippen LogP contribution is -2.33. The molecule has 0 aliphatic carbocycles. The summed E-state index contributed by atoms with van der Waals surface area (Å²) in [4.78, 5) is 4.64. The van der Waals surface area contributed by atoms with Gasteiger partial charge in [0.2, 0.25) is 0 Å². The van der Waals surface area contributed by atoms with Gasteiger partial charge in [-0.25, -0.2) is 0 Å². The normalized spacial score (nSPS) is 22.1. The van der Waals surface area contributed by atoms with Gasteiger partial charge in [0, 0.05) is 30.7 Å². The molecule has 0 radical (unpaired) electrons. The predicted octanol–water partition coefficient (Wildman–Crippen LogP) is 2.75. The van der Waals surface area contributed by atoms with E-state index in [2.05, 4.69) is 48.2 Å². The lowest BCUT2D eigenvalue weighted by Gasteiger charge is -2.23. The van der Waals surface area contributed by atoms with E-state index < -0.39 is 0 Å². The van der Waals surface area contributed by atoms with Crippen LogP contribution in [0, 0.1) is 6.92 Å². The smallest absolute Gasteiger partial charge is 0.134 e. The zero-order chi connectivity index (χ0) is 16.4. The van der Waals surface area contributed by atoms with Gasteiger partial charge in [-0.05, 0) is 51.2 Å². The average Bonchev–Trinajstić information content (AvgIpc) is 3.14. The molecule has 23 heavy (non-hydrogen) atoms. The second-order valence-electron chi connectivity index (χ2n) is 6.73. The lowest BCUT2D eigenvalue weighted by molar-refractivity contribution is 0.153. The molecule has 1 aliphatic heterocycles. The maximum absolute atomic E-state index is 9.67. The first-order valence-corrected chi connectivity index (χ1v) is 8.24. The standard InChI is InChI=1S/C19H26N2O2/c1-14-7-8-19(23-14)16-6-4-5-15(9-16)11-21-12-17(20(2)3)10-18(21)13-22/h4-9,17-18,22H,10-13H2,1-3H3/t17-,18+/m1/s1. The molecule has 0 saturated carbocycles. The molecule has 0 amide bonds. The summed E-state index contributed by atoms with van der Waals surface area (Å²) in [5.74, 6) is 1.84. The van der Waals surface area contributed by atoms with Gasteiger partial charge in [0.25, 0.3) is 0 Å². The van der Waals surface area contributed by atoms with Gasteiger partial charge in [0.05, 0.1) is 6.61 Å². The van der Waals surface area contributed by atoms with E-state index >= 15 is 0 Å². The molecule has 2 aromatic rings. The van der Waals surface area contributed by atoms with E-state index in [0.29, 0.717) is 6.04 Å². The maximum Gasteiger partial charge on any atom is 0.134 e.